The van der Waals surface area contributed by atoms with E-state index in [1.807, 2.05) is 44.2 Å². The molecule has 1 aliphatic rings. The van der Waals surface area contributed by atoms with Crippen LogP contribution in [0.4, 0.5) is 0 Å². The molecular formula is C20H20N2O3S2. The molecule has 0 unspecified atom stereocenters. The lowest BCUT2D eigenvalue weighted by Gasteiger charge is -2.05. The van der Waals surface area contributed by atoms with Gasteiger partial charge in [0.1, 0.15) is 0 Å². The molecule has 2 heterocycles. The van der Waals surface area contributed by atoms with E-state index in [0.717, 1.165) is 45.1 Å². The molecule has 7 heteroatoms. The Hall–Kier alpha value is -2.25. The van der Waals surface area contributed by atoms with Crippen molar-refractivity contribution < 1.29 is 14.3 Å². The predicted molar refractivity (Wildman–Crippen MR) is 110 cm³/mol. The molecule has 0 spiro atoms. The summed E-state index contributed by atoms with van der Waals surface area (Å²) in [7, 11) is 0. The monoisotopic (exact) mass is 400 g/mol. The minimum atomic E-state index is -0.211. The fourth-order valence-electron chi connectivity index (χ4n) is 3.14. The van der Waals surface area contributed by atoms with Crippen LogP contribution in [0, 0.1) is 13.8 Å². The van der Waals surface area contributed by atoms with Gasteiger partial charge in [-0.25, -0.2) is 0 Å². The SMILES string of the molecule is CSCCn1c(=NC(=O)c2ccc(C)cc2C)sc2cc3c(cc21)OCO3. The van der Waals surface area contributed by atoms with Crippen LogP contribution in [0.5, 0.6) is 11.5 Å². The van der Waals surface area contributed by atoms with Crippen molar-refractivity contribution >= 4 is 39.2 Å². The summed E-state index contributed by atoms with van der Waals surface area (Å²) in [5, 5.41) is 0. The summed E-state index contributed by atoms with van der Waals surface area (Å²) in [5.74, 6) is 2.21. The van der Waals surface area contributed by atoms with Crippen molar-refractivity contribution in [2.45, 2.75) is 20.4 Å². The van der Waals surface area contributed by atoms with E-state index in [2.05, 4.69) is 15.8 Å². The summed E-state index contributed by atoms with van der Waals surface area (Å²) < 4.78 is 14.1. The van der Waals surface area contributed by atoms with Gasteiger partial charge in [0.05, 0.1) is 10.2 Å². The minimum Gasteiger partial charge on any atom is -0.454 e. The largest absolute Gasteiger partial charge is 0.454 e. The first-order chi connectivity index (χ1) is 13.1. The van der Waals surface area contributed by atoms with Gasteiger partial charge in [-0.15, -0.1) is 0 Å². The molecule has 4 rings (SSSR count). The highest BCUT2D eigenvalue weighted by Crippen LogP contribution is 2.37. The quantitative estimate of drug-likeness (QED) is 0.660. The fourth-order valence-corrected chi connectivity index (χ4v) is 4.57. The van der Waals surface area contributed by atoms with Crippen molar-refractivity contribution in [3.63, 3.8) is 0 Å². The highest BCUT2D eigenvalue weighted by atomic mass is 32.2. The third-order valence-electron chi connectivity index (χ3n) is 4.51. The summed E-state index contributed by atoms with van der Waals surface area (Å²) >= 11 is 3.27. The van der Waals surface area contributed by atoms with Gasteiger partial charge in [-0.2, -0.15) is 16.8 Å². The maximum absolute atomic E-state index is 12.8. The van der Waals surface area contributed by atoms with Gasteiger partial charge < -0.3 is 14.0 Å². The van der Waals surface area contributed by atoms with Crippen LogP contribution in [0.15, 0.2) is 35.3 Å². The van der Waals surface area contributed by atoms with Crippen molar-refractivity contribution in [1.82, 2.24) is 4.57 Å². The number of hydrogen-bond acceptors (Lipinski definition) is 5. The van der Waals surface area contributed by atoms with Gasteiger partial charge in [-0.3, -0.25) is 4.79 Å². The molecule has 0 atom stereocenters. The molecule has 3 aromatic rings. The number of fused-ring (bicyclic) bond motifs is 2. The molecule has 1 amide bonds. The van der Waals surface area contributed by atoms with Crippen LogP contribution in [0.2, 0.25) is 0 Å². The van der Waals surface area contributed by atoms with E-state index in [4.69, 9.17) is 9.47 Å². The number of aryl methyl sites for hydroxylation is 3. The maximum atomic E-state index is 12.8. The molecule has 27 heavy (non-hydrogen) atoms. The minimum absolute atomic E-state index is 0.211. The van der Waals surface area contributed by atoms with Gasteiger partial charge >= 0.3 is 0 Å². The molecule has 2 aromatic carbocycles. The fraction of sp³-hybridized carbons (Fsp3) is 0.300. The average molecular weight is 401 g/mol. The maximum Gasteiger partial charge on any atom is 0.279 e. The van der Waals surface area contributed by atoms with Gasteiger partial charge in [0, 0.05) is 30.0 Å². The van der Waals surface area contributed by atoms with E-state index < -0.39 is 0 Å². The molecule has 1 aliphatic heterocycles. The van der Waals surface area contributed by atoms with Crippen LogP contribution in [0.25, 0.3) is 10.2 Å². The normalized spacial score (nSPS) is 13.5. The van der Waals surface area contributed by atoms with Crippen LogP contribution < -0.4 is 14.3 Å². The first kappa shape index (κ1) is 18.1. The molecule has 0 bridgehead atoms. The number of ether oxygens (including phenoxy) is 2. The highest BCUT2D eigenvalue weighted by Gasteiger charge is 2.18. The average Bonchev–Trinajstić information content (AvgIpc) is 3.21. The van der Waals surface area contributed by atoms with Crippen molar-refractivity contribution in [1.29, 1.82) is 0 Å². The first-order valence-corrected chi connectivity index (χ1v) is 10.9. The Morgan fingerprint density at radius 1 is 1.22 bits per heavy atom. The molecule has 0 fully saturated rings. The van der Waals surface area contributed by atoms with E-state index in [-0.39, 0.29) is 12.7 Å². The summed E-state index contributed by atoms with van der Waals surface area (Å²) in [5.41, 5.74) is 3.74. The number of hydrogen-bond donors (Lipinski definition) is 0. The van der Waals surface area contributed by atoms with Crippen LogP contribution in [-0.2, 0) is 6.54 Å². The first-order valence-electron chi connectivity index (χ1n) is 8.65. The number of aromatic nitrogens is 1. The second-order valence-electron chi connectivity index (χ2n) is 6.44. The zero-order valence-corrected chi connectivity index (χ0v) is 17.1. The Morgan fingerprint density at radius 3 is 2.74 bits per heavy atom. The number of rotatable bonds is 4. The van der Waals surface area contributed by atoms with E-state index in [0.29, 0.717) is 10.4 Å². The lowest BCUT2D eigenvalue weighted by molar-refractivity contribution is 0.0997. The van der Waals surface area contributed by atoms with Crippen molar-refractivity contribution in [3.8, 4) is 11.5 Å². The standard InChI is InChI=1S/C20H20N2O3S2/c1-12-4-5-14(13(2)8-12)19(23)21-20-22(6-7-26-3)15-9-16-17(25-11-24-16)10-18(15)27-20/h4-5,8-10H,6-7,11H2,1-3H3. The van der Waals surface area contributed by atoms with Gasteiger partial charge in [0.15, 0.2) is 16.3 Å². The summed E-state index contributed by atoms with van der Waals surface area (Å²) in [6.45, 7) is 4.99. The van der Waals surface area contributed by atoms with E-state index in [1.54, 1.807) is 11.8 Å². The number of benzene rings is 2. The molecule has 0 saturated carbocycles. The van der Waals surface area contributed by atoms with E-state index in [9.17, 15) is 4.79 Å². The Kier molecular flexibility index (Phi) is 4.97. The van der Waals surface area contributed by atoms with Gasteiger partial charge in [-0.05, 0) is 31.7 Å². The number of amides is 1. The number of thiazole rings is 1. The van der Waals surface area contributed by atoms with Crippen molar-refractivity contribution in [3.05, 3.63) is 51.8 Å². The van der Waals surface area contributed by atoms with Gasteiger partial charge in [0.2, 0.25) is 6.79 Å². The second-order valence-corrected chi connectivity index (χ2v) is 8.43. The number of carbonyl (C=O) groups is 1. The van der Waals surface area contributed by atoms with Crippen molar-refractivity contribution in [2.24, 2.45) is 4.99 Å². The van der Waals surface area contributed by atoms with E-state index in [1.165, 1.54) is 11.3 Å². The summed E-state index contributed by atoms with van der Waals surface area (Å²) in [4.78, 5) is 18.0. The molecule has 0 saturated heterocycles. The summed E-state index contributed by atoms with van der Waals surface area (Å²) in [6.07, 6.45) is 2.07. The Bertz CT molecular complexity index is 1100. The van der Waals surface area contributed by atoms with Crippen LogP contribution in [-0.4, -0.2) is 29.3 Å². The second kappa shape index (κ2) is 7.40. The molecule has 140 valence electrons. The Labute approximate surface area is 165 Å². The lowest BCUT2D eigenvalue weighted by Crippen LogP contribution is -2.18. The molecular weight excluding hydrogens is 380 g/mol. The Balaban J connectivity index is 1.84. The topological polar surface area (TPSA) is 52.8 Å². The highest BCUT2D eigenvalue weighted by molar-refractivity contribution is 7.98. The molecule has 0 radical (unpaired) electrons. The van der Waals surface area contributed by atoms with Crippen molar-refractivity contribution in [2.75, 3.05) is 18.8 Å². The lowest BCUT2D eigenvalue weighted by atomic mass is 10.1. The molecule has 0 aliphatic carbocycles. The third-order valence-corrected chi connectivity index (χ3v) is 6.14. The molecule has 1 aromatic heterocycles. The zero-order valence-electron chi connectivity index (χ0n) is 15.4. The van der Waals surface area contributed by atoms with Gasteiger partial charge in [0.25, 0.3) is 5.91 Å². The smallest absolute Gasteiger partial charge is 0.279 e. The number of carbonyl (C=O) groups excluding carboxylic acids is 1. The van der Waals surface area contributed by atoms with Crippen LogP contribution in [0.3, 0.4) is 0 Å². The van der Waals surface area contributed by atoms with Crippen LogP contribution in [0.1, 0.15) is 21.5 Å². The number of nitrogens with zero attached hydrogens (tertiary/aromatic N) is 2. The van der Waals surface area contributed by atoms with E-state index >= 15 is 0 Å². The molecule has 5 nitrogen and oxygen atoms in total. The third kappa shape index (κ3) is 3.49. The Morgan fingerprint density at radius 2 is 2.00 bits per heavy atom. The van der Waals surface area contributed by atoms with Crippen LogP contribution >= 0.6 is 23.1 Å². The predicted octanol–water partition coefficient (Wildman–Crippen LogP) is 4.15. The summed E-state index contributed by atoms with van der Waals surface area (Å²) in [6, 6.07) is 9.76. The zero-order chi connectivity index (χ0) is 19.0. The number of thioether (sulfide) groups is 1. The molecule has 0 N–H and O–H groups in total. The van der Waals surface area contributed by atoms with Gasteiger partial charge in [-0.1, -0.05) is 29.0 Å².